The number of hydrogen-bond donors (Lipinski definition) is 1. The van der Waals surface area contributed by atoms with Crippen LogP contribution in [0.3, 0.4) is 0 Å². The van der Waals surface area contributed by atoms with E-state index in [0.29, 0.717) is 5.56 Å². The summed E-state index contributed by atoms with van der Waals surface area (Å²) < 4.78 is 5.30. The predicted molar refractivity (Wildman–Crippen MR) is 111 cm³/mol. The van der Waals surface area contributed by atoms with Crippen molar-refractivity contribution in [1.29, 1.82) is 0 Å². The number of benzene rings is 1. The number of ether oxygens (including phenoxy) is 1. The zero-order valence-electron chi connectivity index (χ0n) is 16.3. The molecule has 156 valence electrons. The van der Waals surface area contributed by atoms with Gasteiger partial charge in [0.25, 0.3) is 11.1 Å². The van der Waals surface area contributed by atoms with Crippen molar-refractivity contribution in [3.63, 3.8) is 0 Å². The third kappa shape index (κ3) is 4.16. The van der Waals surface area contributed by atoms with Gasteiger partial charge in [0.15, 0.2) is 6.61 Å². The lowest BCUT2D eigenvalue weighted by Crippen LogP contribution is -2.38. The minimum Gasteiger partial charge on any atom is -0.452 e. The molecule has 0 unspecified atom stereocenters. The van der Waals surface area contributed by atoms with E-state index in [2.05, 4.69) is 5.32 Å². The molecule has 3 amide bonds. The maximum absolute atomic E-state index is 12.9. The van der Waals surface area contributed by atoms with Gasteiger partial charge in [-0.05, 0) is 37.3 Å². The molecule has 0 radical (unpaired) electrons. The van der Waals surface area contributed by atoms with Gasteiger partial charge in [-0.1, -0.05) is 30.0 Å². The molecule has 0 spiro atoms. The second-order valence-corrected chi connectivity index (χ2v) is 8.09. The molecule has 8 nitrogen and oxygen atoms in total. The van der Waals surface area contributed by atoms with E-state index in [0.717, 1.165) is 64.5 Å². The van der Waals surface area contributed by atoms with Crippen molar-refractivity contribution in [3.05, 3.63) is 41.1 Å². The Morgan fingerprint density at radius 2 is 1.97 bits per heavy atom. The molecule has 1 aromatic carbocycles. The molecule has 2 aliphatic rings. The molecule has 1 saturated heterocycles. The van der Waals surface area contributed by atoms with Crippen LogP contribution in [0.4, 0.5) is 4.79 Å². The van der Waals surface area contributed by atoms with Crippen molar-refractivity contribution >= 4 is 45.7 Å². The zero-order valence-corrected chi connectivity index (χ0v) is 17.1. The zero-order chi connectivity index (χ0) is 21.1. The summed E-state index contributed by atoms with van der Waals surface area (Å²) in [6.45, 7) is -0.213. The summed E-state index contributed by atoms with van der Waals surface area (Å²) in [6, 6.07) is 7.44. The first-order chi connectivity index (χ1) is 14.5. The van der Waals surface area contributed by atoms with Crippen molar-refractivity contribution in [2.45, 2.75) is 25.7 Å². The van der Waals surface area contributed by atoms with Crippen molar-refractivity contribution in [2.24, 2.45) is 0 Å². The highest BCUT2D eigenvalue weighted by molar-refractivity contribution is 8.14. The second-order valence-electron chi connectivity index (χ2n) is 7.16. The van der Waals surface area contributed by atoms with Gasteiger partial charge in [-0.3, -0.25) is 24.3 Å². The lowest BCUT2D eigenvalue weighted by molar-refractivity contribution is -0.126. The van der Waals surface area contributed by atoms with Crippen LogP contribution in [-0.2, 0) is 27.2 Å². The number of hydrogen-bond acceptors (Lipinski definition) is 7. The van der Waals surface area contributed by atoms with E-state index < -0.39 is 18.5 Å². The van der Waals surface area contributed by atoms with Crippen molar-refractivity contribution in [3.8, 4) is 0 Å². The normalized spacial score (nSPS) is 15.9. The number of imide groups is 1. The van der Waals surface area contributed by atoms with E-state index in [9.17, 15) is 19.2 Å². The lowest BCUT2D eigenvalue weighted by atomic mass is 9.90. The molecule has 1 aliphatic heterocycles. The molecule has 1 N–H and O–H groups in total. The number of esters is 1. The Labute approximate surface area is 177 Å². The van der Waals surface area contributed by atoms with Gasteiger partial charge >= 0.3 is 5.97 Å². The average molecular weight is 427 g/mol. The highest BCUT2D eigenvalue weighted by Crippen LogP contribution is 2.29. The number of rotatable bonds is 6. The number of nitrogens with one attached hydrogen (secondary N) is 1. The maximum atomic E-state index is 12.9. The Hall–Kier alpha value is -2.94. The number of amides is 3. The summed E-state index contributed by atoms with van der Waals surface area (Å²) in [6.07, 6.45) is 3.61. The van der Waals surface area contributed by atoms with Crippen molar-refractivity contribution < 1.29 is 23.9 Å². The minimum absolute atomic E-state index is 0.104. The van der Waals surface area contributed by atoms with E-state index in [1.807, 2.05) is 24.3 Å². The number of carbonyl (C=O) groups is 4. The van der Waals surface area contributed by atoms with Gasteiger partial charge < -0.3 is 10.1 Å². The standard InChI is InChI=1S/C21H21N3O5S/c25-17(22-9-10-24-18(26)12-30-21(24)28)11-29-20(27)19-13-5-1-3-7-15(13)23-16-8-4-2-6-14(16)19/h1,3,5,7H,2,4,6,8-12H2,(H,22,25). The molecule has 1 aromatic heterocycles. The Morgan fingerprint density at radius 1 is 1.17 bits per heavy atom. The number of pyridine rings is 1. The van der Waals surface area contributed by atoms with Gasteiger partial charge in [0.1, 0.15) is 0 Å². The Balaban J connectivity index is 1.39. The predicted octanol–water partition coefficient (Wildman–Crippen LogP) is 2.08. The molecule has 1 fully saturated rings. The first kappa shape index (κ1) is 20.3. The topological polar surface area (TPSA) is 106 Å². The number of fused-ring (bicyclic) bond motifs is 2. The van der Waals surface area contributed by atoms with Gasteiger partial charge in [0, 0.05) is 24.2 Å². The maximum Gasteiger partial charge on any atom is 0.339 e. The number of carbonyl (C=O) groups excluding carboxylic acids is 4. The van der Waals surface area contributed by atoms with Crippen molar-refractivity contribution in [1.82, 2.24) is 15.2 Å². The summed E-state index contributed by atoms with van der Waals surface area (Å²) in [5.41, 5.74) is 3.07. The fraction of sp³-hybridized carbons (Fsp3) is 0.381. The van der Waals surface area contributed by atoms with Crippen LogP contribution in [0.1, 0.15) is 34.5 Å². The first-order valence-corrected chi connectivity index (χ1v) is 10.8. The molecule has 4 rings (SSSR count). The van der Waals surface area contributed by atoms with Gasteiger partial charge in [-0.15, -0.1) is 0 Å². The quantitative estimate of drug-likeness (QED) is 0.704. The van der Waals surface area contributed by atoms with Crippen LogP contribution >= 0.6 is 11.8 Å². The second kappa shape index (κ2) is 8.83. The Bertz CT molecular complexity index is 1020. The largest absolute Gasteiger partial charge is 0.452 e. The van der Waals surface area contributed by atoms with Crippen LogP contribution < -0.4 is 5.32 Å². The summed E-state index contributed by atoms with van der Waals surface area (Å²) in [4.78, 5) is 53.8. The smallest absolute Gasteiger partial charge is 0.339 e. The van der Waals surface area contributed by atoms with Gasteiger partial charge in [0.05, 0.1) is 16.8 Å². The first-order valence-electron chi connectivity index (χ1n) is 9.86. The minimum atomic E-state index is -0.539. The number of nitrogens with zero attached hydrogens (tertiary/aromatic N) is 2. The molecule has 0 atom stereocenters. The van der Waals surface area contributed by atoms with Crippen LogP contribution in [0.25, 0.3) is 10.9 Å². The molecule has 1 aliphatic carbocycles. The van der Waals surface area contributed by atoms with E-state index in [1.165, 1.54) is 0 Å². The van der Waals surface area contributed by atoms with Crippen LogP contribution in [0, 0.1) is 0 Å². The molecule has 30 heavy (non-hydrogen) atoms. The van der Waals surface area contributed by atoms with Crippen molar-refractivity contribution in [2.75, 3.05) is 25.4 Å². The van der Waals surface area contributed by atoms with Gasteiger partial charge in [0.2, 0.25) is 5.91 Å². The van der Waals surface area contributed by atoms with Gasteiger partial charge in [-0.25, -0.2) is 4.79 Å². The number of thioether (sulfide) groups is 1. The molecule has 2 heterocycles. The third-order valence-electron chi connectivity index (χ3n) is 5.21. The van der Waals surface area contributed by atoms with E-state index >= 15 is 0 Å². The van der Waals surface area contributed by atoms with Crippen LogP contribution in [-0.4, -0.2) is 58.4 Å². The third-order valence-corrected chi connectivity index (χ3v) is 6.06. The lowest BCUT2D eigenvalue weighted by Gasteiger charge is -2.20. The van der Waals surface area contributed by atoms with Gasteiger partial charge in [-0.2, -0.15) is 0 Å². The van der Waals surface area contributed by atoms with E-state index in [4.69, 9.17) is 9.72 Å². The van der Waals surface area contributed by atoms with Crippen LogP contribution in [0.15, 0.2) is 24.3 Å². The molecule has 0 bridgehead atoms. The molecular weight excluding hydrogens is 406 g/mol. The summed E-state index contributed by atoms with van der Waals surface area (Å²) >= 11 is 0.946. The molecule has 9 heteroatoms. The monoisotopic (exact) mass is 427 g/mol. The van der Waals surface area contributed by atoms with E-state index in [-0.39, 0.29) is 30.0 Å². The molecular formula is C21H21N3O5S. The fourth-order valence-electron chi connectivity index (χ4n) is 3.76. The fourth-order valence-corrected chi connectivity index (χ4v) is 4.52. The number of para-hydroxylation sites is 1. The summed E-state index contributed by atoms with van der Waals surface area (Å²) in [5.74, 6) is -1.15. The Morgan fingerprint density at radius 3 is 2.77 bits per heavy atom. The molecule has 0 saturated carbocycles. The highest BCUT2D eigenvalue weighted by Gasteiger charge is 2.29. The van der Waals surface area contributed by atoms with Crippen LogP contribution in [0.5, 0.6) is 0 Å². The SMILES string of the molecule is O=C(COC(=O)c1c2c(nc3ccccc13)CCCC2)NCCN1C(=O)CSC1=O. The van der Waals surface area contributed by atoms with Crippen LogP contribution in [0.2, 0.25) is 0 Å². The number of aromatic nitrogens is 1. The number of aryl methyl sites for hydroxylation is 1. The molecule has 2 aromatic rings. The highest BCUT2D eigenvalue weighted by atomic mass is 32.2. The Kier molecular flexibility index (Phi) is 5.98. The average Bonchev–Trinajstić information content (AvgIpc) is 3.08. The summed E-state index contributed by atoms with van der Waals surface area (Å²) in [5, 5.41) is 2.99. The van der Waals surface area contributed by atoms with E-state index in [1.54, 1.807) is 0 Å². The summed E-state index contributed by atoms with van der Waals surface area (Å²) in [7, 11) is 0.